The summed E-state index contributed by atoms with van der Waals surface area (Å²) in [6.07, 6.45) is 0. The summed E-state index contributed by atoms with van der Waals surface area (Å²) in [7, 11) is 0. The molecule has 0 atom stereocenters. The molecule has 12 heavy (non-hydrogen) atoms. The molecule has 0 unspecified atom stereocenters. The SMILES string of the molecule is Nc1[c]c(C2=NCCN2)ccc1. The van der Waals surface area contributed by atoms with Gasteiger partial charge >= 0.3 is 0 Å². The first-order valence-corrected chi connectivity index (χ1v) is 3.93. The molecule has 0 saturated carbocycles. The molecule has 0 saturated heterocycles. The third kappa shape index (κ3) is 1.25. The average Bonchev–Trinajstić information content (AvgIpc) is 2.56. The minimum atomic E-state index is 0.656. The number of rotatable bonds is 1. The molecule has 2 rings (SSSR count). The molecule has 0 fully saturated rings. The molecule has 1 aromatic rings. The zero-order valence-electron chi connectivity index (χ0n) is 6.67. The van der Waals surface area contributed by atoms with E-state index in [4.69, 9.17) is 5.73 Å². The van der Waals surface area contributed by atoms with Gasteiger partial charge in [0.1, 0.15) is 5.84 Å². The Balaban J connectivity index is 2.33. The molecule has 1 heterocycles. The molecular weight excluding hydrogens is 150 g/mol. The Hall–Kier alpha value is -1.51. The maximum atomic E-state index is 5.59. The highest BCUT2D eigenvalue weighted by atomic mass is 15.1. The van der Waals surface area contributed by atoms with Crippen LogP contribution in [0.5, 0.6) is 0 Å². The molecule has 3 N–H and O–H groups in total. The number of nitrogen functional groups attached to an aromatic ring is 1. The summed E-state index contributed by atoms with van der Waals surface area (Å²) in [4.78, 5) is 4.27. The van der Waals surface area contributed by atoms with Gasteiger partial charge in [-0.15, -0.1) is 0 Å². The maximum Gasteiger partial charge on any atom is 0.129 e. The summed E-state index contributed by atoms with van der Waals surface area (Å²) < 4.78 is 0. The minimum absolute atomic E-state index is 0.656. The standard InChI is InChI=1S/C9H10N3/c10-8-3-1-2-7(6-8)9-11-4-5-12-9/h1-3H,4-5,10H2,(H,11,12). The second-order valence-electron chi connectivity index (χ2n) is 2.68. The van der Waals surface area contributed by atoms with Crippen molar-refractivity contribution in [3.63, 3.8) is 0 Å². The van der Waals surface area contributed by atoms with Crippen LogP contribution in [0.2, 0.25) is 0 Å². The molecule has 1 aliphatic rings. The molecule has 0 spiro atoms. The lowest BCUT2D eigenvalue weighted by Crippen LogP contribution is -2.19. The van der Waals surface area contributed by atoms with Crippen LogP contribution in [0.1, 0.15) is 5.56 Å². The fourth-order valence-corrected chi connectivity index (χ4v) is 1.20. The van der Waals surface area contributed by atoms with Crippen LogP contribution in [-0.2, 0) is 0 Å². The Labute approximate surface area is 71.3 Å². The number of nitrogens with two attached hydrogens (primary N) is 1. The third-order valence-corrected chi connectivity index (χ3v) is 1.75. The number of hydrogen-bond acceptors (Lipinski definition) is 3. The van der Waals surface area contributed by atoms with Crippen molar-refractivity contribution in [1.82, 2.24) is 5.32 Å². The molecule has 0 aliphatic carbocycles. The van der Waals surface area contributed by atoms with Crippen molar-refractivity contribution in [2.24, 2.45) is 4.99 Å². The van der Waals surface area contributed by atoms with Gasteiger partial charge in [0.05, 0.1) is 6.54 Å². The lowest BCUT2D eigenvalue weighted by molar-refractivity contribution is 0.960. The van der Waals surface area contributed by atoms with Crippen molar-refractivity contribution in [2.75, 3.05) is 18.8 Å². The normalized spacial score (nSPS) is 15.5. The Morgan fingerprint density at radius 3 is 3.08 bits per heavy atom. The second-order valence-corrected chi connectivity index (χ2v) is 2.68. The lowest BCUT2D eigenvalue weighted by Gasteiger charge is -2.01. The molecule has 1 aliphatic heterocycles. The summed E-state index contributed by atoms with van der Waals surface area (Å²) >= 11 is 0. The Morgan fingerprint density at radius 2 is 2.42 bits per heavy atom. The maximum absolute atomic E-state index is 5.59. The van der Waals surface area contributed by atoms with Crippen molar-refractivity contribution in [1.29, 1.82) is 0 Å². The van der Waals surface area contributed by atoms with Crippen LogP contribution in [0, 0.1) is 6.07 Å². The van der Waals surface area contributed by atoms with Crippen molar-refractivity contribution < 1.29 is 0 Å². The zero-order valence-corrected chi connectivity index (χ0v) is 6.67. The Bertz CT molecular complexity index is 317. The van der Waals surface area contributed by atoms with Crippen LogP contribution >= 0.6 is 0 Å². The third-order valence-electron chi connectivity index (χ3n) is 1.75. The first-order chi connectivity index (χ1) is 5.86. The summed E-state index contributed by atoms with van der Waals surface area (Å²) in [6.45, 7) is 1.76. The van der Waals surface area contributed by atoms with E-state index in [2.05, 4.69) is 16.4 Å². The van der Waals surface area contributed by atoms with Gasteiger partial charge in [-0.25, -0.2) is 0 Å². The van der Waals surface area contributed by atoms with E-state index in [0.29, 0.717) is 5.69 Å². The number of nitrogens with one attached hydrogen (secondary N) is 1. The van der Waals surface area contributed by atoms with Gasteiger partial charge in [-0.1, -0.05) is 12.1 Å². The molecule has 0 amide bonds. The average molecular weight is 160 g/mol. The van der Waals surface area contributed by atoms with Gasteiger partial charge in [-0.3, -0.25) is 4.99 Å². The zero-order chi connectivity index (χ0) is 8.39. The number of amidine groups is 1. The second kappa shape index (κ2) is 2.85. The van der Waals surface area contributed by atoms with E-state index in [9.17, 15) is 0 Å². The topological polar surface area (TPSA) is 50.4 Å². The van der Waals surface area contributed by atoms with Crippen molar-refractivity contribution in [3.05, 3.63) is 29.8 Å². The van der Waals surface area contributed by atoms with E-state index in [-0.39, 0.29) is 0 Å². The Kier molecular flexibility index (Phi) is 1.70. The van der Waals surface area contributed by atoms with Gasteiger partial charge in [0.2, 0.25) is 0 Å². The van der Waals surface area contributed by atoms with E-state index in [1.807, 2.05) is 18.2 Å². The van der Waals surface area contributed by atoms with E-state index in [1.54, 1.807) is 0 Å². The van der Waals surface area contributed by atoms with E-state index in [1.165, 1.54) is 0 Å². The van der Waals surface area contributed by atoms with E-state index < -0.39 is 0 Å². The summed E-state index contributed by atoms with van der Waals surface area (Å²) in [5.41, 5.74) is 7.20. The van der Waals surface area contributed by atoms with Gasteiger partial charge in [0.25, 0.3) is 0 Å². The van der Waals surface area contributed by atoms with Gasteiger partial charge in [-0.2, -0.15) is 0 Å². The highest BCUT2D eigenvalue weighted by Crippen LogP contribution is 2.07. The van der Waals surface area contributed by atoms with Gasteiger partial charge < -0.3 is 11.1 Å². The van der Waals surface area contributed by atoms with Gasteiger partial charge in [0, 0.05) is 23.9 Å². The first kappa shape index (κ1) is 7.16. The minimum Gasteiger partial charge on any atom is -0.398 e. The number of aliphatic imine (C=N–C) groups is 1. The fourth-order valence-electron chi connectivity index (χ4n) is 1.20. The smallest absolute Gasteiger partial charge is 0.129 e. The Morgan fingerprint density at radius 1 is 1.50 bits per heavy atom. The first-order valence-electron chi connectivity index (χ1n) is 3.93. The highest BCUT2D eigenvalue weighted by Gasteiger charge is 2.07. The molecular formula is C9H10N3. The van der Waals surface area contributed by atoms with Gasteiger partial charge in [0.15, 0.2) is 0 Å². The van der Waals surface area contributed by atoms with Crippen molar-refractivity contribution in [2.45, 2.75) is 0 Å². The molecule has 0 aromatic heterocycles. The van der Waals surface area contributed by atoms with Crippen LogP contribution in [-0.4, -0.2) is 18.9 Å². The predicted molar refractivity (Wildman–Crippen MR) is 49.1 cm³/mol. The van der Waals surface area contributed by atoms with E-state index in [0.717, 1.165) is 24.5 Å². The fraction of sp³-hybridized carbons (Fsp3) is 0.222. The molecule has 0 bridgehead atoms. The number of hydrogen-bond donors (Lipinski definition) is 2. The van der Waals surface area contributed by atoms with Crippen molar-refractivity contribution in [3.8, 4) is 0 Å². The van der Waals surface area contributed by atoms with Crippen LogP contribution in [0.25, 0.3) is 0 Å². The van der Waals surface area contributed by atoms with Crippen LogP contribution in [0.15, 0.2) is 23.2 Å². The number of benzene rings is 1. The molecule has 1 radical (unpaired) electrons. The quantitative estimate of drug-likeness (QED) is 0.585. The van der Waals surface area contributed by atoms with Crippen LogP contribution in [0.4, 0.5) is 5.69 Å². The highest BCUT2D eigenvalue weighted by molar-refractivity contribution is 6.00. The summed E-state index contributed by atoms with van der Waals surface area (Å²) in [6, 6.07) is 8.71. The monoisotopic (exact) mass is 160 g/mol. The summed E-state index contributed by atoms with van der Waals surface area (Å²) in [5, 5.41) is 3.16. The molecule has 61 valence electrons. The van der Waals surface area contributed by atoms with Crippen LogP contribution < -0.4 is 11.1 Å². The predicted octanol–water partition coefficient (Wildman–Crippen LogP) is 0.419. The number of anilines is 1. The summed E-state index contributed by atoms with van der Waals surface area (Å²) in [5.74, 6) is 0.905. The van der Waals surface area contributed by atoms with E-state index >= 15 is 0 Å². The molecule has 3 heteroatoms. The van der Waals surface area contributed by atoms with Crippen molar-refractivity contribution >= 4 is 11.5 Å². The van der Waals surface area contributed by atoms with Crippen LogP contribution in [0.3, 0.4) is 0 Å². The largest absolute Gasteiger partial charge is 0.398 e. The number of nitrogens with zero attached hydrogens (tertiary/aromatic N) is 1. The molecule has 1 aromatic carbocycles. The lowest BCUT2D eigenvalue weighted by atomic mass is 10.2. The van der Waals surface area contributed by atoms with Gasteiger partial charge in [-0.05, 0) is 6.07 Å². The molecule has 3 nitrogen and oxygen atoms in total.